The molecule has 510 valence electrons. The smallest absolute Gasteiger partial charge is 0.408 e. The summed E-state index contributed by atoms with van der Waals surface area (Å²) in [7, 11) is 0. The van der Waals surface area contributed by atoms with E-state index in [9.17, 15) is 34.2 Å². The van der Waals surface area contributed by atoms with E-state index in [-0.39, 0.29) is 75.8 Å². The van der Waals surface area contributed by atoms with Crippen LogP contribution in [0.4, 0.5) is 14.4 Å². The standard InChI is InChI=1S/C64H100N14O13S/c1-58(2,3)90-56(86)68-42(28-37-20-14-11-15-21-37)53(83)75-33-39(77-46(32-67-73-77)60(7,8)88)30-45(75)52(82)71-64(92-55(66)85)35-62(36-64)27-24-41(62)47-48(61(9,10)89)78(74-72-47)40-31-44(51(81)70-63(49(79)50(65)80)25-18-13-19-26-63)76(34-40)54(84)43(29-38-22-16-12-17-23-38)69-57(87)91-59(4,5)6/h32,37-45,88-89H,11-31,33-36H2,1-10H3,(H2,65,80)(H2,66,85)(H,68,86)(H,69,87)(H,70,81)(H,71,82)/t39-,40-,41?,42+,43+,44-,45-,62?,64?/m0/s1. The number of amides is 8. The van der Waals surface area contributed by atoms with Crippen LogP contribution in [0.25, 0.3) is 0 Å². The van der Waals surface area contributed by atoms with E-state index in [4.69, 9.17) is 31.3 Å². The summed E-state index contributed by atoms with van der Waals surface area (Å²) in [5.74, 6) is -4.61. The van der Waals surface area contributed by atoms with Gasteiger partial charge in [0.1, 0.15) is 52.1 Å². The van der Waals surface area contributed by atoms with Crippen molar-refractivity contribution < 1.29 is 62.8 Å². The second-order valence-electron chi connectivity index (χ2n) is 30.7. The highest BCUT2D eigenvalue weighted by Gasteiger charge is 2.66. The molecule has 4 heterocycles. The second-order valence-corrected chi connectivity index (χ2v) is 32.0. The molecule has 27 nitrogen and oxygen atoms in total. The number of aromatic nitrogens is 6. The molecular formula is C64H100N14O13S. The van der Waals surface area contributed by atoms with Gasteiger partial charge in [0.2, 0.25) is 29.4 Å². The zero-order chi connectivity index (χ0) is 67.1. The van der Waals surface area contributed by atoms with Crippen LogP contribution < -0.4 is 32.7 Å². The Labute approximate surface area is 543 Å². The topological polar surface area (TPSA) is 381 Å². The number of thioether (sulfide) groups is 1. The first-order chi connectivity index (χ1) is 43.0. The molecule has 7 aliphatic rings. The molecule has 5 aliphatic carbocycles. The third-order valence-corrected chi connectivity index (χ3v) is 21.1. The molecule has 2 saturated heterocycles. The number of hydrogen-bond donors (Lipinski definition) is 8. The van der Waals surface area contributed by atoms with Crippen LogP contribution in [0.5, 0.6) is 0 Å². The van der Waals surface area contributed by atoms with Crippen molar-refractivity contribution in [1.29, 1.82) is 0 Å². The van der Waals surface area contributed by atoms with Crippen molar-refractivity contribution in [2.45, 2.75) is 292 Å². The van der Waals surface area contributed by atoms with Gasteiger partial charge in [-0.15, -0.1) is 10.2 Å². The Bertz CT molecular complexity index is 3080. The van der Waals surface area contributed by atoms with E-state index in [1.807, 2.05) is 0 Å². The average Bonchev–Trinajstić information content (AvgIpc) is 1.02. The number of alkyl carbamates (subject to hydrolysis) is 2. The number of ether oxygens (including phenoxy) is 2. The minimum Gasteiger partial charge on any atom is -0.444 e. The van der Waals surface area contributed by atoms with Crippen molar-refractivity contribution in [2.24, 2.45) is 28.7 Å². The van der Waals surface area contributed by atoms with Crippen LogP contribution in [0.2, 0.25) is 0 Å². The molecule has 28 heteroatoms. The van der Waals surface area contributed by atoms with Gasteiger partial charge in [-0.1, -0.05) is 93.9 Å². The van der Waals surface area contributed by atoms with Crippen molar-refractivity contribution in [1.82, 2.24) is 61.1 Å². The van der Waals surface area contributed by atoms with E-state index in [2.05, 4.69) is 31.6 Å². The third-order valence-electron chi connectivity index (χ3n) is 20.1. The highest BCUT2D eigenvalue weighted by Crippen LogP contribution is 2.70. The maximum Gasteiger partial charge on any atom is 0.408 e. The number of primary amides is 2. The summed E-state index contributed by atoms with van der Waals surface area (Å²) in [6.45, 7) is 16.5. The lowest BCUT2D eigenvalue weighted by Crippen LogP contribution is -2.67. The van der Waals surface area contributed by atoms with Gasteiger partial charge < -0.3 is 62.2 Å². The normalized spacial score (nSPS) is 27.0. The Morgan fingerprint density at radius 1 is 0.630 bits per heavy atom. The highest BCUT2D eigenvalue weighted by atomic mass is 32.2. The number of Topliss-reactive ketones (excluding diaryl/α,β-unsaturated/α-hetero) is 1. The lowest BCUT2D eigenvalue weighted by molar-refractivity contribution is -0.145. The zero-order valence-electron chi connectivity index (χ0n) is 55.5. The van der Waals surface area contributed by atoms with E-state index in [0.717, 1.165) is 82.4 Å². The summed E-state index contributed by atoms with van der Waals surface area (Å²) in [5.41, 5.74) is 5.73. The number of aliphatic hydroxyl groups is 2. The molecular weight excluding hydrogens is 1200 g/mol. The maximum absolute atomic E-state index is 15.4. The van der Waals surface area contributed by atoms with Crippen LogP contribution in [-0.2, 0) is 49.4 Å². The molecule has 2 aliphatic heterocycles. The van der Waals surface area contributed by atoms with E-state index in [1.165, 1.54) is 20.7 Å². The zero-order valence-corrected chi connectivity index (χ0v) is 56.3. The number of carbonyl (C=O) groups is 9. The van der Waals surface area contributed by atoms with Crippen LogP contribution in [0.15, 0.2) is 6.20 Å². The van der Waals surface area contributed by atoms with Gasteiger partial charge in [0.05, 0.1) is 40.2 Å². The first-order valence-corrected chi connectivity index (χ1v) is 34.2. The van der Waals surface area contributed by atoms with E-state index in [1.54, 1.807) is 73.9 Å². The first kappa shape index (κ1) is 69.9. The molecule has 0 bridgehead atoms. The third kappa shape index (κ3) is 15.9. The van der Waals surface area contributed by atoms with E-state index < -0.39 is 127 Å². The summed E-state index contributed by atoms with van der Waals surface area (Å²) >= 11 is 0.780. The molecule has 0 aromatic carbocycles. The molecule has 7 atom stereocenters. The van der Waals surface area contributed by atoms with Gasteiger partial charge in [0, 0.05) is 31.8 Å². The Balaban J connectivity index is 1.01. The largest absolute Gasteiger partial charge is 0.444 e. The Morgan fingerprint density at radius 3 is 1.54 bits per heavy atom. The molecule has 2 aromatic rings. The summed E-state index contributed by atoms with van der Waals surface area (Å²) in [5, 5.41) is 52.5. The minimum absolute atomic E-state index is 0.0318. The molecule has 5 saturated carbocycles. The van der Waals surface area contributed by atoms with Gasteiger partial charge in [-0.25, -0.2) is 19.0 Å². The monoisotopic (exact) mass is 1300 g/mol. The number of rotatable bonds is 20. The molecule has 0 radical (unpaired) electrons. The van der Waals surface area contributed by atoms with Crippen molar-refractivity contribution in [3.05, 3.63) is 23.3 Å². The van der Waals surface area contributed by atoms with Gasteiger partial charge >= 0.3 is 12.2 Å². The molecule has 92 heavy (non-hydrogen) atoms. The number of hydrogen-bond acceptors (Lipinski definition) is 18. The Kier molecular flexibility index (Phi) is 20.6. The number of nitrogens with two attached hydrogens (primary N) is 2. The summed E-state index contributed by atoms with van der Waals surface area (Å²) in [6.07, 6.45) is 13.7. The van der Waals surface area contributed by atoms with Crippen LogP contribution in [0, 0.1) is 17.3 Å². The average molecular weight is 1310 g/mol. The van der Waals surface area contributed by atoms with Gasteiger partial charge in [-0.2, -0.15) is 0 Å². The second kappa shape index (κ2) is 27.1. The summed E-state index contributed by atoms with van der Waals surface area (Å²) in [6, 6.07) is -6.04. The number of nitrogens with one attached hydrogen (secondary N) is 4. The SMILES string of the molecule is CC(C)(C)OC(=O)N[C@H](CC1CCCCC1)C(=O)N1C[C@@H](n2nncc2C(C)(C)O)C[C@H]1C(=O)NC1(SC(N)=O)CC2(CCC2c2nnn([C@H]3C[C@@H](C(=O)NC4(C(=O)C(N)=O)CCCCC4)N(C(=O)[C@@H](CC4CCCCC4)NC(=O)OC(C)(C)C)C3)c2C(C)(C)O)C1. The molecule has 8 amide bonds. The van der Waals surface area contributed by atoms with Crippen LogP contribution >= 0.6 is 11.8 Å². The molecule has 10 N–H and O–H groups in total. The predicted molar refractivity (Wildman–Crippen MR) is 337 cm³/mol. The fourth-order valence-electron chi connectivity index (χ4n) is 16.0. The quantitative estimate of drug-likeness (QED) is 0.0541. The summed E-state index contributed by atoms with van der Waals surface area (Å²) < 4.78 is 14.4. The van der Waals surface area contributed by atoms with E-state index >= 15 is 19.2 Å². The summed E-state index contributed by atoms with van der Waals surface area (Å²) in [4.78, 5) is 129. The Hall–Kier alpha value is -6.42. The molecule has 1 unspecified atom stereocenters. The lowest BCUT2D eigenvalue weighted by Gasteiger charge is -2.64. The van der Waals surface area contributed by atoms with Crippen molar-refractivity contribution in [3.63, 3.8) is 0 Å². The number of carbonyl (C=O) groups excluding carboxylic acids is 9. The van der Waals surface area contributed by atoms with Crippen LogP contribution in [0.3, 0.4) is 0 Å². The van der Waals surface area contributed by atoms with Crippen molar-refractivity contribution >= 4 is 64.5 Å². The molecule has 7 fully saturated rings. The predicted octanol–water partition coefficient (Wildman–Crippen LogP) is 6.19. The highest BCUT2D eigenvalue weighted by molar-refractivity contribution is 8.14. The van der Waals surface area contributed by atoms with Crippen LogP contribution in [0.1, 0.15) is 252 Å². The van der Waals surface area contributed by atoms with E-state index in [0.29, 0.717) is 49.2 Å². The lowest BCUT2D eigenvalue weighted by atomic mass is 9.46. The molecule has 2 aromatic heterocycles. The van der Waals surface area contributed by atoms with Gasteiger partial charge in [0.25, 0.3) is 11.1 Å². The van der Waals surface area contributed by atoms with Gasteiger partial charge in [-0.05, 0) is 150 Å². The van der Waals surface area contributed by atoms with Crippen LogP contribution in [-0.4, -0.2) is 162 Å². The van der Waals surface area contributed by atoms with Crippen molar-refractivity contribution in [2.75, 3.05) is 13.1 Å². The maximum atomic E-state index is 15.4. The Morgan fingerprint density at radius 2 is 1.11 bits per heavy atom. The fourth-order valence-corrected chi connectivity index (χ4v) is 17.3. The van der Waals surface area contributed by atoms with Gasteiger partial charge in [-0.3, -0.25) is 33.6 Å². The minimum atomic E-state index is -1.64. The van der Waals surface area contributed by atoms with Crippen molar-refractivity contribution in [3.8, 4) is 0 Å². The number of likely N-dealkylation sites (tertiary alicyclic amines) is 2. The number of ketones is 1. The van der Waals surface area contributed by atoms with Gasteiger partial charge in [0.15, 0.2) is 0 Å². The fraction of sp³-hybridized carbons (Fsp3) is 0.797. The molecule has 9 rings (SSSR count). The number of nitrogens with zero attached hydrogens (tertiary/aromatic N) is 8. The first-order valence-electron chi connectivity index (χ1n) is 33.4. The molecule has 1 spiro atoms.